The fraction of sp³-hybridized carbons (Fsp3) is 0.636. The van der Waals surface area contributed by atoms with Crippen molar-refractivity contribution in [2.45, 2.75) is 46.1 Å². The van der Waals surface area contributed by atoms with Crippen LogP contribution < -0.4 is 0 Å². The zero-order valence-corrected chi connectivity index (χ0v) is 8.21. The Morgan fingerprint density at radius 2 is 2.08 bits per heavy atom. The largest absolute Gasteiger partial charge is 0.354 e. The summed E-state index contributed by atoms with van der Waals surface area (Å²) in [6.07, 6.45) is 9.54. The Morgan fingerprint density at radius 1 is 1.25 bits per heavy atom. The van der Waals surface area contributed by atoms with Crippen molar-refractivity contribution >= 4 is 0 Å². The molecule has 1 aromatic rings. The van der Waals surface area contributed by atoms with Crippen LogP contribution in [0.25, 0.3) is 0 Å². The van der Waals surface area contributed by atoms with E-state index in [2.05, 4.69) is 36.9 Å². The van der Waals surface area contributed by atoms with Crippen LogP contribution in [0.4, 0.5) is 0 Å². The van der Waals surface area contributed by atoms with Crippen LogP contribution in [0.3, 0.4) is 0 Å². The second-order valence-electron chi connectivity index (χ2n) is 3.36. The zero-order valence-electron chi connectivity index (χ0n) is 8.21. The van der Waals surface area contributed by atoms with E-state index in [-0.39, 0.29) is 0 Å². The van der Waals surface area contributed by atoms with Gasteiger partial charge in [0.05, 0.1) is 0 Å². The van der Waals surface area contributed by atoms with Crippen molar-refractivity contribution in [3.05, 3.63) is 24.0 Å². The van der Waals surface area contributed by atoms with Crippen LogP contribution in [-0.2, 0) is 13.0 Å². The predicted octanol–water partition coefficient (Wildman–Crippen LogP) is 3.24. The maximum Gasteiger partial charge on any atom is 0.0217 e. The Balaban J connectivity index is 2.41. The summed E-state index contributed by atoms with van der Waals surface area (Å²) in [6.45, 7) is 5.61. The van der Waals surface area contributed by atoms with E-state index in [4.69, 9.17) is 0 Å². The van der Waals surface area contributed by atoms with E-state index >= 15 is 0 Å². The highest BCUT2D eigenvalue weighted by Gasteiger charge is 1.94. The van der Waals surface area contributed by atoms with E-state index in [9.17, 15) is 0 Å². The third kappa shape index (κ3) is 2.72. The van der Waals surface area contributed by atoms with Gasteiger partial charge in [-0.25, -0.2) is 0 Å². The van der Waals surface area contributed by atoms with Gasteiger partial charge in [-0.2, -0.15) is 0 Å². The van der Waals surface area contributed by atoms with Gasteiger partial charge in [0, 0.05) is 18.9 Å². The number of unbranched alkanes of at least 4 members (excludes halogenated alkanes) is 1. The Morgan fingerprint density at radius 3 is 2.75 bits per heavy atom. The molecule has 0 fully saturated rings. The molecule has 0 aromatic carbocycles. The van der Waals surface area contributed by atoms with Gasteiger partial charge in [0.2, 0.25) is 0 Å². The number of hydrogen-bond acceptors (Lipinski definition) is 0. The molecular formula is C11H19N. The predicted molar refractivity (Wildman–Crippen MR) is 53.3 cm³/mol. The molecule has 0 saturated heterocycles. The molecule has 0 amide bonds. The Bertz CT molecular complexity index is 213. The van der Waals surface area contributed by atoms with E-state index in [1.165, 1.54) is 31.2 Å². The molecule has 0 bridgehead atoms. The maximum atomic E-state index is 2.28. The molecule has 0 radical (unpaired) electrons. The molecule has 1 rings (SSSR count). The SMILES string of the molecule is CCCCc1ccn(CCC)c1. The van der Waals surface area contributed by atoms with Crippen molar-refractivity contribution in [2.24, 2.45) is 0 Å². The Labute approximate surface area is 75.4 Å². The lowest BCUT2D eigenvalue weighted by Crippen LogP contribution is -1.91. The number of aromatic nitrogens is 1. The van der Waals surface area contributed by atoms with Crippen molar-refractivity contribution in [1.82, 2.24) is 4.57 Å². The van der Waals surface area contributed by atoms with Crippen LogP contribution in [-0.4, -0.2) is 4.57 Å². The van der Waals surface area contributed by atoms with Crippen LogP contribution >= 0.6 is 0 Å². The van der Waals surface area contributed by atoms with Gasteiger partial charge in [-0.05, 0) is 30.9 Å². The smallest absolute Gasteiger partial charge is 0.0217 e. The van der Waals surface area contributed by atoms with Crippen LogP contribution in [0.2, 0.25) is 0 Å². The first-order chi connectivity index (χ1) is 5.86. The summed E-state index contributed by atoms with van der Waals surface area (Å²) in [4.78, 5) is 0. The molecular weight excluding hydrogens is 146 g/mol. The minimum Gasteiger partial charge on any atom is -0.354 e. The summed E-state index contributed by atoms with van der Waals surface area (Å²) in [6, 6.07) is 2.24. The van der Waals surface area contributed by atoms with Gasteiger partial charge in [0.1, 0.15) is 0 Å². The fourth-order valence-electron chi connectivity index (χ4n) is 1.42. The second kappa shape index (κ2) is 5.02. The van der Waals surface area contributed by atoms with Gasteiger partial charge in [-0.15, -0.1) is 0 Å². The average molecular weight is 165 g/mol. The minimum absolute atomic E-state index is 1.16. The third-order valence-corrected chi connectivity index (χ3v) is 2.11. The highest BCUT2D eigenvalue weighted by molar-refractivity contribution is 5.10. The molecule has 0 aliphatic carbocycles. The van der Waals surface area contributed by atoms with E-state index in [0.717, 1.165) is 6.54 Å². The molecule has 0 saturated carbocycles. The molecule has 0 unspecified atom stereocenters. The number of aryl methyl sites for hydroxylation is 2. The monoisotopic (exact) mass is 165 g/mol. The topological polar surface area (TPSA) is 4.93 Å². The molecule has 1 nitrogen and oxygen atoms in total. The summed E-state index contributed by atoms with van der Waals surface area (Å²) in [5, 5.41) is 0. The lowest BCUT2D eigenvalue weighted by molar-refractivity contribution is 0.679. The van der Waals surface area contributed by atoms with Gasteiger partial charge in [0.25, 0.3) is 0 Å². The molecule has 1 aromatic heterocycles. The first-order valence-electron chi connectivity index (χ1n) is 5.01. The van der Waals surface area contributed by atoms with Crippen molar-refractivity contribution in [1.29, 1.82) is 0 Å². The van der Waals surface area contributed by atoms with Crippen LogP contribution in [0, 0.1) is 0 Å². The fourth-order valence-corrected chi connectivity index (χ4v) is 1.42. The van der Waals surface area contributed by atoms with Gasteiger partial charge in [0.15, 0.2) is 0 Å². The summed E-state index contributed by atoms with van der Waals surface area (Å²) in [5.74, 6) is 0. The number of nitrogens with zero attached hydrogens (tertiary/aromatic N) is 1. The average Bonchev–Trinajstić information content (AvgIpc) is 2.50. The second-order valence-corrected chi connectivity index (χ2v) is 3.36. The van der Waals surface area contributed by atoms with Crippen LogP contribution in [0.5, 0.6) is 0 Å². The van der Waals surface area contributed by atoms with Crippen molar-refractivity contribution < 1.29 is 0 Å². The minimum atomic E-state index is 1.16. The molecule has 12 heavy (non-hydrogen) atoms. The molecule has 1 heterocycles. The van der Waals surface area contributed by atoms with E-state index in [1.54, 1.807) is 0 Å². The van der Waals surface area contributed by atoms with E-state index < -0.39 is 0 Å². The van der Waals surface area contributed by atoms with Gasteiger partial charge in [-0.3, -0.25) is 0 Å². The highest BCUT2D eigenvalue weighted by atomic mass is 14.9. The third-order valence-electron chi connectivity index (χ3n) is 2.11. The van der Waals surface area contributed by atoms with Crippen molar-refractivity contribution in [2.75, 3.05) is 0 Å². The Hall–Kier alpha value is -0.720. The van der Waals surface area contributed by atoms with E-state index in [0.29, 0.717) is 0 Å². The first kappa shape index (κ1) is 9.37. The standard InChI is InChI=1S/C11H19N/c1-3-5-6-11-7-9-12(10-11)8-4-2/h7,9-10H,3-6,8H2,1-2H3. The normalized spacial score (nSPS) is 10.5. The summed E-state index contributed by atoms with van der Waals surface area (Å²) < 4.78 is 2.28. The molecule has 0 aliphatic heterocycles. The summed E-state index contributed by atoms with van der Waals surface area (Å²) in [5.41, 5.74) is 1.49. The first-order valence-corrected chi connectivity index (χ1v) is 5.01. The number of rotatable bonds is 5. The quantitative estimate of drug-likeness (QED) is 0.631. The van der Waals surface area contributed by atoms with Crippen LogP contribution in [0.15, 0.2) is 18.5 Å². The zero-order chi connectivity index (χ0) is 8.81. The molecule has 0 spiro atoms. The number of hydrogen-bond donors (Lipinski definition) is 0. The van der Waals surface area contributed by atoms with Gasteiger partial charge < -0.3 is 4.57 Å². The lowest BCUT2D eigenvalue weighted by Gasteiger charge is -1.97. The van der Waals surface area contributed by atoms with Crippen molar-refractivity contribution in [3.63, 3.8) is 0 Å². The molecule has 0 aliphatic rings. The van der Waals surface area contributed by atoms with Crippen LogP contribution in [0.1, 0.15) is 38.7 Å². The lowest BCUT2D eigenvalue weighted by atomic mass is 10.2. The Kier molecular flexibility index (Phi) is 3.92. The van der Waals surface area contributed by atoms with Gasteiger partial charge >= 0.3 is 0 Å². The maximum absolute atomic E-state index is 2.28. The molecule has 0 atom stereocenters. The van der Waals surface area contributed by atoms with Crippen molar-refractivity contribution in [3.8, 4) is 0 Å². The molecule has 68 valence electrons. The van der Waals surface area contributed by atoms with Gasteiger partial charge in [-0.1, -0.05) is 20.3 Å². The molecule has 0 N–H and O–H groups in total. The molecule has 1 heteroatoms. The summed E-state index contributed by atoms with van der Waals surface area (Å²) in [7, 11) is 0. The summed E-state index contributed by atoms with van der Waals surface area (Å²) >= 11 is 0. The van der Waals surface area contributed by atoms with E-state index in [1.807, 2.05) is 0 Å². The highest BCUT2D eigenvalue weighted by Crippen LogP contribution is 2.06.